The fourth-order valence-corrected chi connectivity index (χ4v) is 7.56. The van der Waals surface area contributed by atoms with Crippen molar-refractivity contribution < 1.29 is 28.6 Å². The average molecular weight is 793 g/mol. The number of carbonyl (C=O) groups is 3. The van der Waals surface area contributed by atoms with E-state index in [4.69, 9.17) is 14.2 Å². The van der Waals surface area contributed by atoms with Crippen molar-refractivity contribution in [1.29, 1.82) is 0 Å². The molecule has 0 aliphatic rings. The summed E-state index contributed by atoms with van der Waals surface area (Å²) in [6, 6.07) is 0. The molecule has 6 heteroatoms. The molecule has 0 saturated carbocycles. The van der Waals surface area contributed by atoms with Gasteiger partial charge in [-0.1, -0.05) is 245 Å². The molecule has 0 saturated heterocycles. The molecule has 0 N–H and O–H groups in total. The highest BCUT2D eigenvalue weighted by molar-refractivity contribution is 5.71. The third-order valence-corrected chi connectivity index (χ3v) is 11.4. The van der Waals surface area contributed by atoms with Crippen LogP contribution in [0.4, 0.5) is 0 Å². The lowest BCUT2D eigenvalue weighted by Crippen LogP contribution is -2.30. The van der Waals surface area contributed by atoms with E-state index in [0.29, 0.717) is 19.3 Å². The molecule has 0 amide bonds. The number of hydrogen-bond acceptors (Lipinski definition) is 6. The Morgan fingerprint density at radius 2 is 0.482 bits per heavy atom. The Labute approximate surface area is 348 Å². The van der Waals surface area contributed by atoms with Gasteiger partial charge in [-0.3, -0.25) is 14.4 Å². The first-order valence-electron chi connectivity index (χ1n) is 25.0. The van der Waals surface area contributed by atoms with Crippen LogP contribution in [0.3, 0.4) is 0 Å². The van der Waals surface area contributed by atoms with Gasteiger partial charge in [-0.25, -0.2) is 0 Å². The minimum absolute atomic E-state index is 0.0622. The van der Waals surface area contributed by atoms with Crippen LogP contribution in [0.2, 0.25) is 0 Å². The zero-order chi connectivity index (χ0) is 40.8. The van der Waals surface area contributed by atoms with E-state index >= 15 is 0 Å². The number of hydrogen-bond donors (Lipinski definition) is 0. The molecule has 332 valence electrons. The second-order valence-electron chi connectivity index (χ2n) is 17.1. The van der Waals surface area contributed by atoms with Gasteiger partial charge in [-0.2, -0.15) is 0 Å². The molecule has 0 aliphatic carbocycles. The maximum Gasteiger partial charge on any atom is 0.306 e. The fourth-order valence-electron chi connectivity index (χ4n) is 7.56. The maximum atomic E-state index is 12.7. The predicted octanol–water partition coefficient (Wildman–Crippen LogP) is 16.0. The molecule has 0 rings (SSSR count). The molecule has 6 nitrogen and oxygen atoms in total. The van der Waals surface area contributed by atoms with E-state index < -0.39 is 6.10 Å². The number of rotatable bonds is 46. The van der Waals surface area contributed by atoms with Crippen molar-refractivity contribution in [2.75, 3.05) is 13.2 Å². The number of ether oxygens (including phenoxy) is 3. The van der Waals surface area contributed by atoms with Gasteiger partial charge in [0.25, 0.3) is 0 Å². The van der Waals surface area contributed by atoms with E-state index in [0.717, 1.165) is 57.8 Å². The summed E-state index contributed by atoms with van der Waals surface area (Å²) in [5.74, 6) is -0.847. The zero-order valence-electron chi connectivity index (χ0n) is 37.9. The summed E-state index contributed by atoms with van der Waals surface area (Å²) in [7, 11) is 0. The van der Waals surface area contributed by atoms with Crippen molar-refractivity contribution in [2.45, 2.75) is 290 Å². The van der Waals surface area contributed by atoms with Gasteiger partial charge in [0.15, 0.2) is 6.10 Å². The minimum Gasteiger partial charge on any atom is -0.462 e. The maximum absolute atomic E-state index is 12.7. The first kappa shape index (κ1) is 54.4. The number of carbonyl (C=O) groups excluding carboxylic acids is 3. The van der Waals surface area contributed by atoms with Gasteiger partial charge in [0.2, 0.25) is 0 Å². The van der Waals surface area contributed by atoms with Crippen LogP contribution in [0.1, 0.15) is 284 Å². The summed E-state index contributed by atoms with van der Waals surface area (Å²) in [5.41, 5.74) is 0. The topological polar surface area (TPSA) is 78.9 Å². The highest BCUT2D eigenvalue weighted by atomic mass is 16.6. The third-order valence-electron chi connectivity index (χ3n) is 11.4. The van der Waals surface area contributed by atoms with Crippen molar-refractivity contribution in [2.24, 2.45) is 0 Å². The first-order chi connectivity index (χ1) is 27.5. The summed E-state index contributed by atoms with van der Waals surface area (Å²) in [6.45, 7) is 6.66. The Morgan fingerprint density at radius 3 is 0.714 bits per heavy atom. The second-order valence-corrected chi connectivity index (χ2v) is 17.1. The van der Waals surface area contributed by atoms with Crippen LogP contribution in [-0.2, 0) is 28.6 Å². The highest BCUT2D eigenvalue weighted by Gasteiger charge is 2.19. The summed E-state index contributed by atoms with van der Waals surface area (Å²) in [6.07, 6.45) is 48.0. The average Bonchev–Trinajstić information content (AvgIpc) is 3.19. The molecule has 0 heterocycles. The molecular weight excluding hydrogens is 697 g/mol. The quantitative estimate of drug-likeness (QED) is 0.0347. The van der Waals surface area contributed by atoms with Crippen molar-refractivity contribution in [3.63, 3.8) is 0 Å². The molecular formula is C50H96O6. The summed E-state index contributed by atoms with van der Waals surface area (Å²) >= 11 is 0. The number of unbranched alkanes of at least 4 members (excludes halogenated alkanes) is 35. The van der Waals surface area contributed by atoms with Gasteiger partial charge in [0.1, 0.15) is 13.2 Å². The Hall–Kier alpha value is -1.59. The summed E-state index contributed by atoms with van der Waals surface area (Å²) < 4.78 is 16.8. The van der Waals surface area contributed by atoms with Crippen LogP contribution in [0.15, 0.2) is 0 Å². The third kappa shape index (κ3) is 43.5. The SMILES string of the molecule is CCCCCCCCCCCCCCCCCCCC(=O)OCC(COC(=O)CCCCCCCCCCCC)OC(=O)CCCCCCCCCCCCC. The monoisotopic (exact) mass is 793 g/mol. The van der Waals surface area contributed by atoms with Gasteiger partial charge < -0.3 is 14.2 Å². The van der Waals surface area contributed by atoms with Gasteiger partial charge in [0, 0.05) is 19.3 Å². The summed E-state index contributed by atoms with van der Waals surface area (Å²) in [5, 5.41) is 0. The van der Waals surface area contributed by atoms with Gasteiger partial charge >= 0.3 is 17.9 Å². The Morgan fingerprint density at radius 1 is 0.286 bits per heavy atom. The van der Waals surface area contributed by atoms with E-state index in [1.165, 1.54) is 186 Å². The predicted molar refractivity (Wildman–Crippen MR) is 238 cm³/mol. The molecule has 0 aromatic heterocycles. The molecule has 0 radical (unpaired) electrons. The largest absolute Gasteiger partial charge is 0.462 e. The van der Waals surface area contributed by atoms with E-state index in [9.17, 15) is 14.4 Å². The van der Waals surface area contributed by atoms with Crippen molar-refractivity contribution in [3.05, 3.63) is 0 Å². The molecule has 0 spiro atoms. The Bertz CT molecular complexity index is 828. The standard InChI is InChI=1S/C50H96O6/c1-4-7-10-13-16-19-22-23-24-25-26-27-29-31-34-37-40-43-49(52)55-46-47(45-54-48(51)42-39-36-33-30-21-18-15-12-9-6-3)56-50(53)44-41-38-35-32-28-20-17-14-11-8-5-2/h47H,4-46H2,1-3H3. The van der Waals surface area contributed by atoms with E-state index in [1.54, 1.807) is 0 Å². The molecule has 0 aromatic rings. The van der Waals surface area contributed by atoms with E-state index in [2.05, 4.69) is 20.8 Å². The lowest BCUT2D eigenvalue weighted by Gasteiger charge is -2.18. The van der Waals surface area contributed by atoms with Crippen LogP contribution in [0, 0.1) is 0 Å². The summed E-state index contributed by atoms with van der Waals surface area (Å²) in [4.78, 5) is 37.8. The second kappa shape index (κ2) is 46.1. The number of esters is 3. The van der Waals surface area contributed by atoms with Crippen molar-refractivity contribution in [3.8, 4) is 0 Å². The van der Waals surface area contributed by atoms with Gasteiger partial charge in [0.05, 0.1) is 0 Å². The van der Waals surface area contributed by atoms with Crippen LogP contribution < -0.4 is 0 Å². The molecule has 1 atom stereocenters. The van der Waals surface area contributed by atoms with E-state index in [-0.39, 0.29) is 31.1 Å². The van der Waals surface area contributed by atoms with Gasteiger partial charge in [-0.05, 0) is 19.3 Å². The van der Waals surface area contributed by atoms with Gasteiger partial charge in [-0.15, -0.1) is 0 Å². The molecule has 0 bridgehead atoms. The molecule has 0 aliphatic heterocycles. The lowest BCUT2D eigenvalue weighted by molar-refractivity contribution is -0.167. The Kier molecular flexibility index (Phi) is 44.8. The molecule has 0 fully saturated rings. The fraction of sp³-hybridized carbons (Fsp3) is 0.940. The lowest BCUT2D eigenvalue weighted by atomic mass is 10.0. The first-order valence-corrected chi connectivity index (χ1v) is 25.0. The van der Waals surface area contributed by atoms with Crippen LogP contribution in [-0.4, -0.2) is 37.2 Å². The van der Waals surface area contributed by atoms with Crippen molar-refractivity contribution in [1.82, 2.24) is 0 Å². The smallest absolute Gasteiger partial charge is 0.306 e. The van der Waals surface area contributed by atoms with Crippen LogP contribution in [0.25, 0.3) is 0 Å². The minimum atomic E-state index is -0.758. The Balaban J connectivity index is 4.24. The molecule has 56 heavy (non-hydrogen) atoms. The van der Waals surface area contributed by atoms with Crippen molar-refractivity contribution >= 4 is 17.9 Å². The molecule has 0 aromatic carbocycles. The van der Waals surface area contributed by atoms with Crippen LogP contribution in [0.5, 0.6) is 0 Å². The normalized spacial score (nSPS) is 11.8. The van der Waals surface area contributed by atoms with E-state index in [1.807, 2.05) is 0 Å². The van der Waals surface area contributed by atoms with Crippen LogP contribution >= 0.6 is 0 Å². The highest BCUT2D eigenvalue weighted by Crippen LogP contribution is 2.16. The molecule has 1 unspecified atom stereocenters. The zero-order valence-corrected chi connectivity index (χ0v) is 37.9.